The molecule has 0 saturated heterocycles. The largest absolute Gasteiger partial charge is 0.465 e. The van der Waals surface area contributed by atoms with Gasteiger partial charge in [0.2, 0.25) is 5.95 Å². The van der Waals surface area contributed by atoms with Crippen LogP contribution in [0.15, 0.2) is 16.5 Å². The summed E-state index contributed by atoms with van der Waals surface area (Å²) in [5.74, 6) is 3.41. The van der Waals surface area contributed by atoms with Crippen LogP contribution >= 0.6 is 0 Å². The number of nitrogen functional groups attached to an aromatic ring is 1. The van der Waals surface area contributed by atoms with Crippen LogP contribution in [-0.2, 0) is 13.6 Å². The second-order valence-corrected chi connectivity index (χ2v) is 4.69. The summed E-state index contributed by atoms with van der Waals surface area (Å²) in [6.45, 7) is 4.35. The van der Waals surface area contributed by atoms with Crippen molar-refractivity contribution in [3.05, 3.63) is 29.5 Å². The maximum absolute atomic E-state index is 5.75. The molecular formula is C13H16N6O. The van der Waals surface area contributed by atoms with Crippen molar-refractivity contribution in [2.24, 2.45) is 7.05 Å². The third-order valence-corrected chi connectivity index (χ3v) is 3.19. The first-order chi connectivity index (χ1) is 9.54. The summed E-state index contributed by atoms with van der Waals surface area (Å²) in [4.78, 5) is 12.9. The van der Waals surface area contributed by atoms with Crippen LogP contribution in [0.3, 0.4) is 0 Å². The molecule has 0 fully saturated rings. The Labute approximate surface area is 115 Å². The predicted molar refractivity (Wildman–Crippen MR) is 76.2 cm³/mol. The van der Waals surface area contributed by atoms with Crippen molar-refractivity contribution in [2.75, 3.05) is 11.1 Å². The van der Waals surface area contributed by atoms with Crippen LogP contribution in [0.5, 0.6) is 0 Å². The molecule has 7 nitrogen and oxygen atoms in total. The zero-order valence-corrected chi connectivity index (χ0v) is 11.6. The lowest BCUT2D eigenvalue weighted by Crippen LogP contribution is -2.05. The Kier molecular flexibility index (Phi) is 2.81. The van der Waals surface area contributed by atoms with Gasteiger partial charge in [0.15, 0.2) is 17.0 Å². The molecule has 0 bridgehead atoms. The van der Waals surface area contributed by atoms with E-state index in [0.717, 1.165) is 17.3 Å². The van der Waals surface area contributed by atoms with Crippen molar-refractivity contribution in [1.82, 2.24) is 19.5 Å². The number of furan rings is 1. The van der Waals surface area contributed by atoms with Crippen molar-refractivity contribution in [3.63, 3.8) is 0 Å². The molecule has 0 aliphatic rings. The maximum Gasteiger partial charge on any atom is 0.224 e. The van der Waals surface area contributed by atoms with Crippen LogP contribution in [0.1, 0.15) is 17.3 Å². The lowest BCUT2D eigenvalue weighted by Gasteiger charge is -2.05. The highest BCUT2D eigenvalue weighted by atomic mass is 16.3. The number of aromatic nitrogens is 4. The van der Waals surface area contributed by atoms with Crippen molar-refractivity contribution >= 4 is 22.9 Å². The van der Waals surface area contributed by atoms with Gasteiger partial charge < -0.3 is 20.0 Å². The molecule has 3 aromatic heterocycles. The van der Waals surface area contributed by atoms with Gasteiger partial charge >= 0.3 is 0 Å². The standard InChI is InChI=1S/C13H16N6O/c1-7-4-5-9(20-7)6-15-11-10-12(18-13(14)17-11)19(3)8(2)16-10/h4-5H,6H2,1-3H3,(H3,14,15,17,18). The summed E-state index contributed by atoms with van der Waals surface area (Å²) in [7, 11) is 1.90. The number of nitrogens with one attached hydrogen (secondary N) is 1. The van der Waals surface area contributed by atoms with E-state index >= 15 is 0 Å². The Bertz CT molecular complexity index is 773. The maximum atomic E-state index is 5.75. The highest BCUT2D eigenvalue weighted by Crippen LogP contribution is 2.21. The number of imidazole rings is 1. The molecular weight excluding hydrogens is 256 g/mol. The molecule has 0 saturated carbocycles. The van der Waals surface area contributed by atoms with Crippen LogP contribution in [0.4, 0.5) is 11.8 Å². The van der Waals surface area contributed by atoms with Gasteiger partial charge in [-0.1, -0.05) is 0 Å². The fourth-order valence-electron chi connectivity index (χ4n) is 2.06. The summed E-state index contributed by atoms with van der Waals surface area (Å²) in [6.07, 6.45) is 0. The summed E-state index contributed by atoms with van der Waals surface area (Å²) in [5.41, 5.74) is 7.18. The molecule has 3 aromatic rings. The van der Waals surface area contributed by atoms with Crippen molar-refractivity contribution in [1.29, 1.82) is 0 Å². The number of hydrogen-bond acceptors (Lipinski definition) is 6. The van der Waals surface area contributed by atoms with E-state index in [9.17, 15) is 0 Å². The zero-order chi connectivity index (χ0) is 14.3. The minimum atomic E-state index is 0.221. The molecule has 0 amide bonds. The number of rotatable bonds is 3. The Morgan fingerprint density at radius 2 is 2.05 bits per heavy atom. The normalized spacial score (nSPS) is 11.2. The monoisotopic (exact) mass is 272 g/mol. The topological polar surface area (TPSA) is 94.8 Å². The number of hydrogen-bond donors (Lipinski definition) is 2. The van der Waals surface area contributed by atoms with Gasteiger partial charge in [-0.05, 0) is 26.0 Å². The quantitative estimate of drug-likeness (QED) is 0.754. The molecule has 0 aliphatic heterocycles. The van der Waals surface area contributed by atoms with E-state index in [0.29, 0.717) is 23.5 Å². The van der Waals surface area contributed by atoms with Gasteiger partial charge in [-0.25, -0.2) is 4.98 Å². The van der Waals surface area contributed by atoms with Gasteiger partial charge in [-0.2, -0.15) is 9.97 Å². The number of anilines is 2. The fourth-order valence-corrected chi connectivity index (χ4v) is 2.06. The molecule has 3 heterocycles. The Balaban J connectivity index is 1.96. The van der Waals surface area contributed by atoms with Gasteiger partial charge in [0.1, 0.15) is 17.3 Å². The fraction of sp³-hybridized carbons (Fsp3) is 0.308. The van der Waals surface area contributed by atoms with Gasteiger partial charge in [0.25, 0.3) is 0 Å². The SMILES string of the molecule is Cc1ccc(CNc2nc(N)nc3c2nc(C)n3C)o1. The third-order valence-electron chi connectivity index (χ3n) is 3.19. The van der Waals surface area contributed by atoms with E-state index in [1.165, 1.54) is 0 Å². The Morgan fingerprint density at radius 1 is 1.25 bits per heavy atom. The average molecular weight is 272 g/mol. The smallest absolute Gasteiger partial charge is 0.224 e. The molecule has 0 spiro atoms. The predicted octanol–water partition coefficient (Wildman–Crippen LogP) is 1.77. The van der Waals surface area contributed by atoms with Crippen LogP contribution in [-0.4, -0.2) is 19.5 Å². The van der Waals surface area contributed by atoms with Gasteiger partial charge in [0.05, 0.1) is 6.54 Å². The average Bonchev–Trinajstić information content (AvgIpc) is 2.94. The lowest BCUT2D eigenvalue weighted by molar-refractivity contribution is 0.490. The highest BCUT2D eigenvalue weighted by Gasteiger charge is 2.13. The van der Waals surface area contributed by atoms with Gasteiger partial charge in [-0.3, -0.25) is 0 Å². The first kappa shape index (κ1) is 12.5. The van der Waals surface area contributed by atoms with Crippen LogP contribution in [0.25, 0.3) is 11.2 Å². The van der Waals surface area contributed by atoms with Crippen LogP contribution < -0.4 is 11.1 Å². The number of nitrogens with zero attached hydrogens (tertiary/aromatic N) is 4. The van der Waals surface area contributed by atoms with E-state index in [2.05, 4.69) is 20.3 Å². The van der Waals surface area contributed by atoms with Crippen molar-refractivity contribution in [3.8, 4) is 0 Å². The zero-order valence-electron chi connectivity index (χ0n) is 11.6. The minimum Gasteiger partial charge on any atom is -0.465 e. The first-order valence-corrected chi connectivity index (χ1v) is 6.30. The molecule has 0 radical (unpaired) electrons. The number of nitrogens with two attached hydrogens (primary N) is 1. The first-order valence-electron chi connectivity index (χ1n) is 6.30. The molecule has 0 aromatic carbocycles. The molecule has 0 atom stereocenters. The molecule has 0 unspecified atom stereocenters. The number of fused-ring (bicyclic) bond motifs is 1. The Hall–Kier alpha value is -2.57. The van der Waals surface area contributed by atoms with Crippen LogP contribution in [0, 0.1) is 13.8 Å². The van der Waals surface area contributed by atoms with E-state index in [1.807, 2.05) is 37.6 Å². The summed E-state index contributed by atoms with van der Waals surface area (Å²) in [5, 5.41) is 3.20. The minimum absolute atomic E-state index is 0.221. The highest BCUT2D eigenvalue weighted by molar-refractivity contribution is 5.84. The lowest BCUT2D eigenvalue weighted by atomic mass is 10.4. The summed E-state index contributed by atoms with van der Waals surface area (Å²) < 4.78 is 7.40. The van der Waals surface area contributed by atoms with Gasteiger partial charge in [-0.15, -0.1) is 0 Å². The summed E-state index contributed by atoms with van der Waals surface area (Å²) in [6, 6.07) is 3.85. The van der Waals surface area contributed by atoms with E-state index < -0.39 is 0 Å². The van der Waals surface area contributed by atoms with Crippen molar-refractivity contribution in [2.45, 2.75) is 20.4 Å². The second-order valence-electron chi connectivity index (χ2n) is 4.69. The molecule has 0 aliphatic carbocycles. The Morgan fingerprint density at radius 3 is 2.75 bits per heavy atom. The van der Waals surface area contributed by atoms with Gasteiger partial charge in [0, 0.05) is 7.05 Å². The van der Waals surface area contributed by atoms with E-state index in [4.69, 9.17) is 10.2 Å². The third kappa shape index (κ3) is 2.07. The molecule has 3 rings (SSSR count). The van der Waals surface area contributed by atoms with Crippen molar-refractivity contribution < 1.29 is 4.42 Å². The second kappa shape index (κ2) is 4.52. The molecule has 104 valence electrons. The molecule has 20 heavy (non-hydrogen) atoms. The number of aryl methyl sites for hydroxylation is 3. The molecule has 3 N–H and O–H groups in total. The van der Waals surface area contributed by atoms with E-state index in [-0.39, 0.29) is 5.95 Å². The molecule has 7 heteroatoms. The van der Waals surface area contributed by atoms with Crippen LogP contribution in [0.2, 0.25) is 0 Å². The van der Waals surface area contributed by atoms with E-state index in [1.54, 1.807) is 0 Å². The summed E-state index contributed by atoms with van der Waals surface area (Å²) >= 11 is 0.